The van der Waals surface area contributed by atoms with E-state index < -0.39 is 0 Å². The fourth-order valence-electron chi connectivity index (χ4n) is 3.08. The van der Waals surface area contributed by atoms with E-state index in [4.69, 9.17) is 0 Å². The zero-order valence-electron chi connectivity index (χ0n) is 12.4. The second-order valence-electron chi connectivity index (χ2n) is 5.76. The molecule has 0 bridgehead atoms. The highest BCUT2D eigenvalue weighted by Crippen LogP contribution is 2.39. The van der Waals surface area contributed by atoms with Gasteiger partial charge in [0.05, 0.1) is 5.56 Å². The maximum absolute atomic E-state index is 9.91. The number of phenolic OH excluding ortho intramolecular Hbond substituents is 2. The Bertz CT molecular complexity index is 424. The molecule has 0 saturated heterocycles. The van der Waals surface area contributed by atoms with Crippen molar-refractivity contribution >= 4 is 11.8 Å². The smallest absolute Gasteiger partial charge is 0.124 e. The summed E-state index contributed by atoms with van der Waals surface area (Å²) in [6.07, 6.45) is 8.64. The van der Waals surface area contributed by atoms with Crippen LogP contribution in [0.15, 0.2) is 18.2 Å². The van der Waals surface area contributed by atoms with Gasteiger partial charge in [-0.3, -0.25) is 0 Å². The van der Waals surface area contributed by atoms with E-state index >= 15 is 0 Å². The van der Waals surface area contributed by atoms with Crippen LogP contribution in [0.3, 0.4) is 0 Å². The first-order chi connectivity index (χ1) is 9.58. The van der Waals surface area contributed by atoms with Crippen molar-refractivity contribution in [2.75, 3.05) is 12.8 Å². The Kier molecular flexibility index (Phi) is 5.22. The van der Waals surface area contributed by atoms with Crippen LogP contribution in [0.2, 0.25) is 0 Å². The monoisotopic (exact) mass is 295 g/mol. The highest BCUT2D eigenvalue weighted by Gasteiger charge is 2.31. The van der Waals surface area contributed by atoms with Gasteiger partial charge >= 0.3 is 0 Å². The Morgan fingerprint density at radius 3 is 2.35 bits per heavy atom. The van der Waals surface area contributed by atoms with Gasteiger partial charge in [0.15, 0.2) is 0 Å². The lowest BCUT2D eigenvalue weighted by atomic mass is 9.88. The second-order valence-corrected chi connectivity index (χ2v) is 7.03. The average Bonchev–Trinajstić information content (AvgIpc) is 2.46. The third kappa shape index (κ3) is 3.41. The van der Waals surface area contributed by atoms with E-state index in [9.17, 15) is 10.2 Å². The number of hydrogen-bond donors (Lipinski definition) is 3. The van der Waals surface area contributed by atoms with Crippen LogP contribution in [0.5, 0.6) is 11.5 Å². The molecule has 0 heterocycles. The molecule has 0 aromatic heterocycles. The summed E-state index contributed by atoms with van der Waals surface area (Å²) >= 11 is 1.95. The summed E-state index contributed by atoms with van der Waals surface area (Å²) in [5.74, 6) is 0.318. The van der Waals surface area contributed by atoms with E-state index in [2.05, 4.69) is 11.6 Å². The fourth-order valence-corrected chi connectivity index (χ4v) is 4.00. The van der Waals surface area contributed by atoms with Crippen molar-refractivity contribution in [2.24, 2.45) is 0 Å². The van der Waals surface area contributed by atoms with Crippen LogP contribution in [0.4, 0.5) is 0 Å². The van der Waals surface area contributed by atoms with Gasteiger partial charge in [0.1, 0.15) is 11.5 Å². The molecule has 0 amide bonds. The molecule has 1 unspecified atom stereocenters. The molecule has 1 aliphatic rings. The van der Waals surface area contributed by atoms with Crippen LogP contribution in [-0.2, 0) is 0 Å². The number of nitrogens with one attached hydrogen (secondary N) is 1. The largest absolute Gasteiger partial charge is 0.507 e. The zero-order chi connectivity index (χ0) is 14.6. The first kappa shape index (κ1) is 15.5. The number of hydrogen-bond acceptors (Lipinski definition) is 4. The molecule has 1 saturated carbocycles. The van der Waals surface area contributed by atoms with Crippen molar-refractivity contribution in [1.29, 1.82) is 0 Å². The Hall–Kier alpha value is -0.870. The van der Waals surface area contributed by atoms with Gasteiger partial charge in [-0.25, -0.2) is 0 Å². The lowest BCUT2D eigenvalue weighted by Crippen LogP contribution is -2.40. The van der Waals surface area contributed by atoms with E-state index in [0.717, 1.165) is 6.54 Å². The normalized spacial score (nSPS) is 19.7. The Morgan fingerprint density at radius 1 is 1.20 bits per heavy atom. The summed E-state index contributed by atoms with van der Waals surface area (Å²) in [4.78, 5) is 0. The average molecular weight is 295 g/mol. The predicted octanol–water partition coefficient (Wildman–Crippen LogP) is 3.81. The molecule has 1 aliphatic carbocycles. The molecule has 1 fully saturated rings. The molecule has 4 heteroatoms. The lowest BCUT2D eigenvalue weighted by Gasteiger charge is -2.37. The highest BCUT2D eigenvalue weighted by molar-refractivity contribution is 8.00. The zero-order valence-corrected chi connectivity index (χ0v) is 13.2. The Labute approximate surface area is 125 Å². The molecular formula is C16H25NO2S. The quantitative estimate of drug-likeness (QED) is 0.773. The summed E-state index contributed by atoms with van der Waals surface area (Å²) < 4.78 is 0.312. The van der Waals surface area contributed by atoms with Crippen LogP contribution >= 0.6 is 11.8 Å². The van der Waals surface area contributed by atoms with Crippen molar-refractivity contribution in [3.05, 3.63) is 23.8 Å². The third-order valence-corrected chi connectivity index (χ3v) is 5.84. The molecule has 3 N–H and O–H groups in total. The van der Waals surface area contributed by atoms with Gasteiger partial charge in [-0.15, -0.1) is 0 Å². The molecular weight excluding hydrogens is 270 g/mol. The van der Waals surface area contributed by atoms with Crippen molar-refractivity contribution in [3.63, 3.8) is 0 Å². The Morgan fingerprint density at radius 2 is 1.80 bits per heavy atom. The molecule has 1 atom stereocenters. The lowest BCUT2D eigenvalue weighted by molar-refractivity contribution is 0.359. The molecule has 0 spiro atoms. The topological polar surface area (TPSA) is 52.5 Å². The van der Waals surface area contributed by atoms with Crippen molar-refractivity contribution < 1.29 is 10.2 Å². The van der Waals surface area contributed by atoms with Crippen LogP contribution in [0.25, 0.3) is 0 Å². The number of thioether (sulfide) groups is 1. The molecule has 0 aliphatic heterocycles. The van der Waals surface area contributed by atoms with Gasteiger partial charge < -0.3 is 15.5 Å². The number of rotatable bonds is 5. The summed E-state index contributed by atoms with van der Waals surface area (Å²) in [5.41, 5.74) is 0.597. The number of phenols is 2. The van der Waals surface area contributed by atoms with Crippen molar-refractivity contribution in [1.82, 2.24) is 5.32 Å². The minimum atomic E-state index is -0.0536. The third-order valence-electron chi connectivity index (χ3n) is 4.42. The molecule has 20 heavy (non-hydrogen) atoms. The molecule has 1 aromatic rings. The van der Waals surface area contributed by atoms with Crippen molar-refractivity contribution in [2.45, 2.75) is 49.8 Å². The van der Waals surface area contributed by atoms with Crippen LogP contribution < -0.4 is 5.32 Å². The fraction of sp³-hybridized carbons (Fsp3) is 0.625. The van der Waals surface area contributed by atoms with Gasteiger partial charge in [-0.2, -0.15) is 11.8 Å². The van der Waals surface area contributed by atoms with Gasteiger partial charge in [-0.1, -0.05) is 25.3 Å². The SMILES string of the molecule is CSC1(CNC(C)c2c(O)cccc2O)CCCCC1. The maximum Gasteiger partial charge on any atom is 0.124 e. The Balaban J connectivity index is 2.02. The van der Waals surface area contributed by atoms with Gasteiger partial charge in [0, 0.05) is 17.3 Å². The van der Waals surface area contributed by atoms with Crippen LogP contribution in [0.1, 0.15) is 50.6 Å². The van der Waals surface area contributed by atoms with Crippen LogP contribution in [0, 0.1) is 0 Å². The predicted molar refractivity (Wildman–Crippen MR) is 85.5 cm³/mol. The van der Waals surface area contributed by atoms with Gasteiger partial charge in [-0.05, 0) is 38.2 Å². The van der Waals surface area contributed by atoms with Gasteiger partial charge in [0.25, 0.3) is 0 Å². The first-order valence-corrected chi connectivity index (χ1v) is 8.60. The molecule has 2 rings (SSSR count). The van der Waals surface area contributed by atoms with Gasteiger partial charge in [0.2, 0.25) is 0 Å². The van der Waals surface area contributed by atoms with Crippen LogP contribution in [-0.4, -0.2) is 27.8 Å². The molecule has 3 nitrogen and oxygen atoms in total. The molecule has 112 valence electrons. The van der Waals surface area contributed by atoms with E-state index in [0.29, 0.717) is 10.3 Å². The van der Waals surface area contributed by atoms with E-state index in [1.54, 1.807) is 18.2 Å². The summed E-state index contributed by atoms with van der Waals surface area (Å²) in [5, 5.41) is 23.3. The van der Waals surface area contributed by atoms with E-state index in [-0.39, 0.29) is 17.5 Å². The highest BCUT2D eigenvalue weighted by atomic mass is 32.2. The maximum atomic E-state index is 9.91. The van der Waals surface area contributed by atoms with Crippen molar-refractivity contribution in [3.8, 4) is 11.5 Å². The van der Waals surface area contributed by atoms with E-state index in [1.807, 2.05) is 18.7 Å². The standard InChI is InChI=1S/C16H25NO2S/c1-12(15-13(18)7-6-8-14(15)19)17-11-16(20-2)9-4-3-5-10-16/h6-8,12,17-19H,3-5,9-11H2,1-2H3. The minimum absolute atomic E-state index is 0.0536. The molecule has 1 aromatic carbocycles. The summed E-state index contributed by atoms with van der Waals surface area (Å²) in [6, 6.07) is 4.85. The minimum Gasteiger partial charge on any atom is -0.507 e. The van der Waals surface area contributed by atoms with E-state index in [1.165, 1.54) is 32.1 Å². The summed E-state index contributed by atoms with van der Waals surface area (Å²) in [6.45, 7) is 2.91. The number of benzene rings is 1. The summed E-state index contributed by atoms with van der Waals surface area (Å²) in [7, 11) is 0. The number of aromatic hydroxyl groups is 2. The first-order valence-electron chi connectivity index (χ1n) is 7.37. The second kappa shape index (κ2) is 6.72. The molecule has 0 radical (unpaired) electrons.